The Kier molecular flexibility index (Phi) is 11.8. The van der Waals surface area contributed by atoms with Crippen LogP contribution < -0.4 is 0 Å². The van der Waals surface area contributed by atoms with E-state index in [0.29, 0.717) is 18.6 Å². The summed E-state index contributed by atoms with van der Waals surface area (Å²) < 4.78 is 5.31. The average Bonchev–Trinajstić information content (AvgIpc) is 2.60. The SMILES string of the molecule is C=C(Cc1ccccc1)C(=O)OCCCCCCCCCCCC. The van der Waals surface area contributed by atoms with Gasteiger partial charge in [-0.25, -0.2) is 4.79 Å². The fraction of sp³-hybridized carbons (Fsp3) is 0.591. The quantitative estimate of drug-likeness (QED) is 0.229. The molecule has 0 bridgehead atoms. The highest BCUT2D eigenvalue weighted by Crippen LogP contribution is 2.11. The number of carbonyl (C=O) groups is 1. The molecule has 0 spiro atoms. The van der Waals surface area contributed by atoms with E-state index in [0.717, 1.165) is 18.4 Å². The Morgan fingerprint density at radius 2 is 1.42 bits per heavy atom. The van der Waals surface area contributed by atoms with Crippen molar-refractivity contribution in [1.82, 2.24) is 0 Å². The van der Waals surface area contributed by atoms with Gasteiger partial charge in [-0.3, -0.25) is 0 Å². The van der Waals surface area contributed by atoms with Crippen molar-refractivity contribution in [2.75, 3.05) is 6.61 Å². The predicted molar refractivity (Wildman–Crippen MR) is 102 cm³/mol. The lowest BCUT2D eigenvalue weighted by Crippen LogP contribution is -2.10. The van der Waals surface area contributed by atoms with Gasteiger partial charge in [-0.2, -0.15) is 0 Å². The second-order valence-electron chi connectivity index (χ2n) is 6.58. The third kappa shape index (κ3) is 10.3. The van der Waals surface area contributed by atoms with Crippen molar-refractivity contribution >= 4 is 5.97 Å². The molecule has 0 unspecified atom stereocenters. The van der Waals surface area contributed by atoms with Crippen molar-refractivity contribution in [3.05, 3.63) is 48.0 Å². The van der Waals surface area contributed by atoms with Crippen LogP contribution in [-0.4, -0.2) is 12.6 Å². The van der Waals surface area contributed by atoms with Gasteiger partial charge in [0.2, 0.25) is 0 Å². The molecule has 2 nitrogen and oxygen atoms in total. The van der Waals surface area contributed by atoms with E-state index in [1.165, 1.54) is 51.4 Å². The molecule has 0 atom stereocenters. The number of unbranched alkanes of at least 4 members (excludes halogenated alkanes) is 9. The minimum atomic E-state index is -0.255. The maximum Gasteiger partial charge on any atom is 0.333 e. The van der Waals surface area contributed by atoms with Crippen LogP contribution in [0.2, 0.25) is 0 Å². The summed E-state index contributed by atoms with van der Waals surface area (Å²) in [5.74, 6) is -0.255. The fourth-order valence-corrected chi connectivity index (χ4v) is 2.77. The first kappa shape index (κ1) is 20.5. The normalized spacial score (nSPS) is 10.5. The molecule has 0 aliphatic heterocycles. The highest BCUT2D eigenvalue weighted by atomic mass is 16.5. The molecule has 2 heteroatoms. The van der Waals surface area contributed by atoms with Crippen LogP contribution in [0.3, 0.4) is 0 Å². The Bertz CT molecular complexity index is 450. The standard InChI is InChI=1S/C22H34O2/c1-3-4-5-6-7-8-9-10-11-15-18-24-22(23)20(2)19-21-16-13-12-14-17-21/h12-14,16-17H,2-11,15,18-19H2,1H3. The van der Waals surface area contributed by atoms with Gasteiger partial charge in [0.1, 0.15) is 0 Å². The Hall–Kier alpha value is -1.57. The topological polar surface area (TPSA) is 26.3 Å². The molecule has 0 saturated heterocycles. The highest BCUT2D eigenvalue weighted by Gasteiger charge is 2.08. The van der Waals surface area contributed by atoms with Gasteiger partial charge >= 0.3 is 5.97 Å². The van der Waals surface area contributed by atoms with E-state index in [-0.39, 0.29) is 5.97 Å². The number of rotatable bonds is 14. The summed E-state index contributed by atoms with van der Waals surface area (Å²) >= 11 is 0. The molecule has 0 radical (unpaired) electrons. The van der Waals surface area contributed by atoms with Gasteiger partial charge in [0.25, 0.3) is 0 Å². The number of carbonyl (C=O) groups excluding carboxylic acids is 1. The van der Waals surface area contributed by atoms with Crippen molar-refractivity contribution in [1.29, 1.82) is 0 Å². The van der Waals surface area contributed by atoms with Gasteiger partial charge in [-0.15, -0.1) is 0 Å². The molecule has 1 aromatic carbocycles. The lowest BCUT2D eigenvalue weighted by atomic mass is 10.1. The summed E-state index contributed by atoms with van der Waals surface area (Å²) in [7, 11) is 0. The summed E-state index contributed by atoms with van der Waals surface area (Å²) in [6.07, 6.45) is 13.4. The first-order valence-electron chi connectivity index (χ1n) is 9.63. The summed E-state index contributed by atoms with van der Waals surface area (Å²) in [6, 6.07) is 9.91. The molecule has 134 valence electrons. The molecule has 0 aromatic heterocycles. The summed E-state index contributed by atoms with van der Waals surface area (Å²) in [5.41, 5.74) is 1.63. The monoisotopic (exact) mass is 330 g/mol. The minimum Gasteiger partial charge on any atom is -0.462 e. The second kappa shape index (κ2) is 13.8. The van der Waals surface area contributed by atoms with Crippen LogP contribution in [-0.2, 0) is 16.0 Å². The molecule has 1 aromatic rings. The molecule has 0 N–H and O–H groups in total. The predicted octanol–water partition coefficient (Wildman–Crippen LogP) is 6.25. The van der Waals surface area contributed by atoms with E-state index >= 15 is 0 Å². The molecule has 0 aliphatic carbocycles. The van der Waals surface area contributed by atoms with Crippen LogP contribution in [0.15, 0.2) is 42.5 Å². The molecule has 0 amide bonds. The smallest absolute Gasteiger partial charge is 0.333 e. The largest absolute Gasteiger partial charge is 0.462 e. The van der Waals surface area contributed by atoms with Crippen molar-refractivity contribution in [3.8, 4) is 0 Å². The number of ether oxygens (including phenoxy) is 1. The van der Waals surface area contributed by atoms with E-state index in [4.69, 9.17) is 4.74 Å². The van der Waals surface area contributed by atoms with Crippen molar-refractivity contribution in [2.45, 2.75) is 77.6 Å². The summed E-state index contributed by atoms with van der Waals surface area (Å²) in [4.78, 5) is 11.9. The van der Waals surface area contributed by atoms with Gasteiger partial charge in [0, 0.05) is 12.0 Å². The zero-order valence-electron chi connectivity index (χ0n) is 15.4. The minimum absolute atomic E-state index is 0.255. The summed E-state index contributed by atoms with van der Waals surface area (Å²) in [6.45, 7) is 6.62. The third-order valence-electron chi connectivity index (χ3n) is 4.28. The maximum atomic E-state index is 11.9. The molecular weight excluding hydrogens is 296 g/mol. The molecular formula is C22H34O2. The van der Waals surface area contributed by atoms with Gasteiger partial charge in [0.15, 0.2) is 0 Å². The van der Waals surface area contributed by atoms with Gasteiger partial charge < -0.3 is 4.74 Å². The lowest BCUT2D eigenvalue weighted by Gasteiger charge is -2.07. The van der Waals surface area contributed by atoms with Crippen molar-refractivity contribution < 1.29 is 9.53 Å². The third-order valence-corrected chi connectivity index (χ3v) is 4.28. The fourth-order valence-electron chi connectivity index (χ4n) is 2.77. The van der Waals surface area contributed by atoms with Gasteiger partial charge in [-0.1, -0.05) is 102 Å². The van der Waals surface area contributed by atoms with E-state index in [1.807, 2.05) is 30.3 Å². The number of benzene rings is 1. The number of esters is 1. The molecule has 0 aliphatic rings. The molecule has 0 fully saturated rings. The number of hydrogen-bond acceptors (Lipinski definition) is 2. The first-order valence-corrected chi connectivity index (χ1v) is 9.63. The lowest BCUT2D eigenvalue weighted by molar-refractivity contribution is -0.139. The Morgan fingerprint density at radius 3 is 2.00 bits per heavy atom. The first-order chi connectivity index (χ1) is 11.7. The molecule has 0 heterocycles. The van der Waals surface area contributed by atoms with Gasteiger partial charge in [0.05, 0.1) is 6.61 Å². The Balaban J connectivity index is 1.95. The van der Waals surface area contributed by atoms with Crippen molar-refractivity contribution in [3.63, 3.8) is 0 Å². The van der Waals surface area contributed by atoms with E-state index < -0.39 is 0 Å². The van der Waals surface area contributed by atoms with E-state index in [9.17, 15) is 4.79 Å². The Morgan fingerprint density at radius 1 is 0.875 bits per heavy atom. The highest BCUT2D eigenvalue weighted by molar-refractivity contribution is 5.88. The number of hydrogen-bond donors (Lipinski definition) is 0. The zero-order valence-corrected chi connectivity index (χ0v) is 15.4. The van der Waals surface area contributed by atoms with Crippen LogP contribution in [0, 0.1) is 0 Å². The van der Waals surface area contributed by atoms with E-state index in [1.54, 1.807) is 0 Å². The second-order valence-corrected chi connectivity index (χ2v) is 6.58. The zero-order chi connectivity index (χ0) is 17.5. The van der Waals surface area contributed by atoms with Gasteiger partial charge in [-0.05, 0) is 12.0 Å². The van der Waals surface area contributed by atoms with E-state index in [2.05, 4.69) is 13.5 Å². The molecule has 1 rings (SSSR count). The van der Waals surface area contributed by atoms with Crippen LogP contribution in [0.4, 0.5) is 0 Å². The average molecular weight is 331 g/mol. The molecule has 0 saturated carbocycles. The Labute approximate surface area is 148 Å². The van der Waals surface area contributed by atoms with Crippen LogP contribution >= 0.6 is 0 Å². The van der Waals surface area contributed by atoms with Crippen LogP contribution in [0.5, 0.6) is 0 Å². The molecule has 24 heavy (non-hydrogen) atoms. The maximum absolute atomic E-state index is 11.9. The van der Waals surface area contributed by atoms with Crippen LogP contribution in [0.1, 0.15) is 76.7 Å². The van der Waals surface area contributed by atoms with Crippen molar-refractivity contribution in [2.24, 2.45) is 0 Å². The summed E-state index contributed by atoms with van der Waals surface area (Å²) in [5, 5.41) is 0. The van der Waals surface area contributed by atoms with Crippen LogP contribution in [0.25, 0.3) is 0 Å².